The van der Waals surface area contributed by atoms with E-state index in [-0.39, 0.29) is 0 Å². The predicted octanol–water partition coefficient (Wildman–Crippen LogP) is 1.55. The van der Waals surface area contributed by atoms with Crippen molar-refractivity contribution in [2.45, 2.75) is 44.8 Å². The number of piperidine rings is 1. The van der Waals surface area contributed by atoms with Gasteiger partial charge < -0.3 is 10.1 Å². The molecule has 0 radical (unpaired) electrons. The van der Waals surface area contributed by atoms with Crippen molar-refractivity contribution in [1.82, 2.24) is 5.32 Å². The first-order chi connectivity index (χ1) is 5.88. The summed E-state index contributed by atoms with van der Waals surface area (Å²) in [5, 5.41) is 3.61. The maximum atomic E-state index is 5.58. The molecule has 0 aliphatic carbocycles. The van der Waals surface area contributed by atoms with Gasteiger partial charge in [0.1, 0.15) is 0 Å². The highest BCUT2D eigenvalue weighted by Crippen LogP contribution is 2.27. The first kappa shape index (κ1) is 8.52. The summed E-state index contributed by atoms with van der Waals surface area (Å²) < 4.78 is 5.58. The fourth-order valence-electron chi connectivity index (χ4n) is 2.52. The molecule has 1 N–H and O–H groups in total. The second kappa shape index (κ2) is 3.75. The lowest BCUT2D eigenvalue weighted by Crippen LogP contribution is -2.42. The van der Waals surface area contributed by atoms with Gasteiger partial charge in [0, 0.05) is 18.6 Å². The molecule has 0 aromatic heterocycles. The normalized spacial score (nSPS) is 43.2. The van der Waals surface area contributed by atoms with E-state index in [1.807, 2.05) is 0 Å². The van der Waals surface area contributed by atoms with Crippen LogP contribution < -0.4 is 5.32 Å². The molecule has 3 unspecified atom stereocenters. The van der Waals surface area contributed by atoms with Crippen LogP contribution in [0.25, 0.3) is 0 Å². The van der Waals surface area contributed by atoms with Gasteiger partial charge in [0.05, 0.1) is 6.10 Å². The lowest BCUT2D eigenvalue weighted by Gasteiger charge is -2.30. The number of hydrogen-bond acceptors (Lipinski definition) is 2. The molecule has 0 aromatic rings. The maximum absolute atomic E-state index is 5.58. The van der Waals surface area contributed by atoms with Gasteiger partial charge in [-0.15, -0.1) is 0 Å². The van der Waals surface area contributed by atoms with E-state index >= 15 is 0 Å². The summed E-state index contributed by atoms with van der Waals surface area (Å²) in [5.41, 5.74) is 0. The Morgan fingerprint density at radius 3 is 2.75 bits per heavy atom. The van der Waals surface area contributed by atoms with Crippen LogP contribution in [0.2, 0.25) is 0 Å². The smallest absolute Gasteiger partial charge is 0.0590 e. The Hall–Kier alpha value is -0.0800. The monoisotopic (exact) mass is 169 g/mol. The Labute approximate surface area is 74.7 Å². The molecule has 2 saturated heterocycles. The summed E-state index contributed by atoms with van der Waals surface area (Å²) in [6.45, 7) is 4.41. The largest absolute Gasteiger partial charge is 0.378 e. The molecule has 0 aromatic carbocycles. The zero-order valence-corrected chi connectivity index (χ0v) is 7.88. The van der Waals surface area contributed by atoms with Crippen molar-refractivity contribution in [1.29, 1.82) is 0 Å². The van der Waals surface area contributed by atoms with Gasteiger partial charge in [-0.3, -0.25) is 0 Å². The van der Waals surface area contributed by atoms with E-state index in [0.29, 0.717) is 6.10 Å². The maximum Gasteiger partial charge on any atom is 0.0590 e. The van der Waals surface area contributed by atoms with E-state index < -0.39 is 0 Å². The Bertz CT molecular complexity index is 143. The van der Waals surface area contributed by atoms with E-state index in [1.54, 1.807) is 0 Å². The summed E-state index contributed by atoms with van der Waals surface area (Å²) in [6.07, 6.45) is 5.87. The van der Waals surface area contributed by atoms with Gasteiger partial charge in [-0.25, -0.2) is 0 Å². The summed E-state index contributed by atoms with van der Waals surface area (Å²) in [6, 6.07) is 0.747. The van der Waals surface area contributed by atoms with Crippen LogP contribution in [0.4, 0.5) is 0 Å². The van der Waals surface area contributed by atoms with E-state index in [9.17, 15) is 0 Å². The van der Waals surface area contributed by atoms with Crippen molar-refractivity contribution in [3.05, 3.63) is 0 Å². The Kier molecular flexibility index (Phi) is 2.66. The summed E-state index contributed by atoms with van der Waals surface area (Å²) in [5.74, 6) is 0.783. The quantitative estimate of drug-likeness (QED) is 0.643. The topological polar surface area (TPSA) is 21.3 Å². The fourth-order valence-corrected chi connectivity index (χ4v) is 2.52. The van der Waals surface area contributed by atoms with Crippen molar-refractivity contribution in [2.24, 2.45) is 5.92 Å². The molecule has 0 spiro atoms. The Balaban J connectivity index is 1.89. The molecule has 12 heavy (non-hydrogen) atoms. The van der Waals surface area contributed by atoms with Gasteiger partial charge in [0.2, 0.25) is 0 Å². The van der Waals surface area contributed by atoms with Crippen molar-refractivity contribution in [3.63, 3.8) is 0 Å². The summed E-state index contributed by atoms with van der Waals surface area (Å²) in [7, 11) is 0. The highest BCUT2D eigenvalue weighted by molar-refractivity contribution is 4.86. The number of nitrogens with one attached hydrogen (secondary N) is 1. The number of rotatable bonds is 1. The zero-order chi connectivity index (χ0) is 8.39. The molecule has 3 atom stereocenters. The molecule has 2 rings (SSSR count). The highest BCUT2D eigenvalue weighted by atomic mass is 16.5. The van der Waals surface area contributed by atoms with Gasteiger partial charge in [-0.1, -0.05) is 6.42 Å². The second-order valence-electron chi connectivity index (χ2n) is 4.08. The average Bonchev–Trinajstić information content (AvgIpc) is 2.53. The lowest BCUT2D eigenvalue weighted by atomic mass is 9.88. The standard InChI is InChI=1S/C10H19NO/c1-8-9(5-7-12-8)10-4-2-3-6-11-10/h8-11H,2-7H2,1H3. The highest BCUT2D eigenvalue weighted by Gasteiger charge is 2.32. The molecular formula is C10H19NO. The molecule has 2 fully saturated rings. The van der Waals surface area contributed by atoms with Gasteiger partial charge >= 0.3 is 0 Å². The minimum atomic E-state index is 0.487. The molecule has 2 aliphatic rings. The summed E-state index contributed by atoms with van der Waals surface area (Å²) >= 11 is 0. The van der Waals surface area contributed by atoms with E-state index in [2.05, 4.69) is 12.2 Å². The molecule has 0 saturated carbocycles. The van der Waals surface area contributed by atoms with Crippen LogP contribution in [0.3, 0.4) is 0 Å². The van der Waals surface area contributed by atoms with Crippen LogP contribution in [-0.4, -0.2) is 25.3 Å². The molecule has 2 heteroatoms. The first-order valence-corrected chi connectivity index (χ1v) is 5.23. The number of hydrogen-bond donors (Lipinski definition) is 1. The van der Waals surface area contributed by atoms with Crippen molar-refractivity contribution in [2.75, 3.05) is 13.2 Å². The van der Waals surface area contributed by atoms with Crippen LogP contribution in [0.15, 0.2) is 0 Å². The Morgan fingerprint density at radius 2 is 2.17 bits per heavy atom. The van der Waals surface area contributed by atoms with Gasteiger partial charge in [-0.05, 0) is 32.7 Å². The zero-order valence-electron chi connectivity index (χ0n) is 7.88. The fraction of sp³-hybridized carbons (Fsp3) is 1.00. The molecule has 70 valence electrons. The third-order valence-electron chi connectivity index (χ3n) is 3.30. The minimum Gasteiger partial charge on any atom is -0.378 e. The lowest BCUT2D eigenvalue weighted by molar-refractivity contribution is 0.0917. The third-order valence-corrected chi connectivity index (χ3v) is 3.30. The molecule has 2 nitrogen and oxygen atoms in total. The van der Waals surface area contributed by atoms with Crippen molar-refractivity contribution < 1.29 is 4.74 Å². The van der Waals surface area contributed by atoms with Crippen LogP contribution >= 0.6 is 0 Å². The van der Waals surface area contributed by atoms with Gasteiger partial charge in [-0.2, -0.15) is 0 Å². The second-order valence-corrected chi connectivity index (χ2v) is 4.08. The van der Waals surface area contributed by atoms with Crippen LogP contribution in [-0.2, 0) is 4.74 Å². The van der Waals surface area contributed by atoms with Gasteiger partial charge in [0.15, 0.2) is 0 Å². The predicted molar refractivity (Wildman–Crippen MR) is 49.2 cm³/mol. The van der Waals surface area contributed by atoms with E-state index in [1.165, 1.54) is 32.2 Å². The Morgan fingerprint density at radius 1 is 1.25 bits per heavy atom. The molecule has 0 bridgehead atoms. The van der Waals surface area contributed by atoms with E-state index in [4.69, 9.17) is 4.74 Å². The number of ether oxygens (including phenoxy) is 1. The van der Waals surface area contributed by atoms with Crippen molar-refractivity contribution in [3.8, 4) is 0 Å². The van der Waals surface area contributed by atoms with Crippen LogP contribution in [0.1, 0.15) is 32.6 Å². The van der Waals surface area contributed by atoms with Crippen LogP contribution in [0.5, 0.6) is 0 Å². The molecule has 2 heterocycles. The third kappa shape index (κ3) is 1.64. The van der Waals surface area contributed by atoms with E-state index in [0.717, 1.165) is 18.6 Å². The van der Waals surface area contributed by atoms with Crippen LogP contribution in [0, 0.1) is 5.92 Å². The molecule has 2 aliphatic heterocycles. The molecular weight excluding hydrogens is 150 g/mol. The van der Waals surface area contributed by atoms with Crippen molar-refractivity contribution >= 4 is 0 Å². The first-order valence-electron chi connectivity index (χ1n) is 5.23. The van der Waals surface area contributed by atoms with Gasteiger partial charge in [0.25, 0.3) is 0 Å². The SMILES string of the molecule is CC1OCCC1C1CCCCN1. The summed E-state index contributed by atoms with van der Waals surface area (Å²) in [4.78, 5) is 0. The molecule has 0 amide bonds. The minimum absolute atomic E-state index is 0.487. The average molecular weight is 169 g/mol.